The largest absolute Gasteiger partial charge is 0.444 e. The summed E-state index contributed by atoms with van der Waals surface area (Å²) in [7, 11) is 0. The lowest BCUT2D eigenvalue weighted by Crippen LogP contribution is -2.55. The number of aryl methyl sites for hydroxylation is 2. The minimum absolute atomic E-state index is 0.630. The molecule has 3 fully saturated rings. The number of hydrogen-bond acceptors (Lipinski definition) is 4. The fourth-order valence-electron chi connectivity index (χ4n) is 3.03. The average Bonchev–Trinajstić information content (AvgIpc) is 2.68. The van der Waals surface area contributed by atoms with Crippen LogP contribution in [0.1, 0.15) is 30.2 Å². The molecule has 1 aromatic heterocycles. The fourth-order valence-corrected chi connectivity index (χ4v) is 3.03. The third-order valence-corrected chi connectivity index (χ3v) is 4.24. The smallest absolute Gasteiger partial charge is 0.208 e. The van der Waals surface area contributed by atoms with Gasteiger partial charge in [-0.25, -0.2) is 4.98 Å². The van der Waals surface area contributed by atoms with Crippen molar-refractivity contribution in [1.82, 2.24) is 15.2 Å². The van der Waals surface area contributed by atoms with Crippen molar-refractivity contribution >= 4 is 0 Å². The predicted molar refractivity (Wildman–Crippen MR) is 65.8 cm³/mol. The molecule has 3 aliphatic heterocycles. The highest BCUT2D eigenvalue weighted by Gasteiger charge is 2.33. The SMILES string of the molecule is Cc1nc(CNC2CN3CCC2CC3)oc1C. The minimum atomic E-state index is 0.630. The van der Waals surface area contributed by atoms with Crippen molar-refractivity contribution in [3.05, 3.63) is 17.3 Å². The van der Waals surface area contributed by atoms with Gasteiger partial charge in [-0.3, -0.25) is 0 Å². The van der Waals surface area contributed by atoms with Crippen molar-refractivity contribution < 1.29 is 4.42 Å². The van der Waals surface area contributed by atoms with Gasteiger partial charge in [-0.05, 0) is 45.7 Å². The van der Waals surface area contributed by atoms with Crippen LogP contribution in [0.3, 0.4) is 0 Å². The van der Waals surface area contributed by atoms with Gasteiger partial charge >= 0.3 is 0 Å². The van der Waals surface area contributed by atoms with E-state index in [0.29, 0.717) is 6.04 Å². The van der Waals surface area contributed by atoms with Crippen molar-refractivity contribution in [3.8, 4) is 0 Å². The molecule has 94 valence electrons. The molecule has 0 spiro atoms. The van der Waals surface area contributed by atoms with Gasteiger partial charge in [0.15, 0.2) is 0 Å². The van der Waals surface area contributed by atoms with E-state index in [0.717, 1.165) is 29.8 Å². The molecule has 0 aromatic carbocycles. The lowest BCUT2D eigenvalue weighted by atomic mass is 9.84. The van der Waals surface area contributed by atoms with Crippen LogP contribution in [0, 0.1) is 19.8 Å². The standard InChI is InChI=1S/C13H21N3O/c1-9-10(2)17-13(15-9)7-14-12-8-16-5-3-11(12)4-6-16/h11-12,14H,3-8H2,1-2H3. The first-order chi connectivity index (χ1) is 8.22. The molecule has 1 unspecified atom stereocenters. The molecule has 2 bridgehead atoms. The Morgan fingerprint density at radius 3 is 2.65 bits per heavy atom. The number of hydrogen-bond donors (Lipinski definition) is 1. The van der Waals surface area contributed by atoms with Crippen molar-refractivity contribution in [1.29, 1.82) is 0 Å². The quantitative estimate of drug-likeness (QED) is 0.861. The molecule has 4 nitrogen and oxygen atoms in total. The Hall–Kier alpha value is -0.870. The van der Waals surface area contributed by atoms with E-state index in [1.807, 2.05) is 13.8 Å². The summed E-state index contributed by atoms with van der Waals surface area (Å²) in [6, 6.07) is 0.630. The number of rotatable bonds is 3. The number of oxazole rings is 1. The summed E-state index contributed by atoms with van der Waals surface area (Å²) >= 11 is 0. The van der Waals surface area contributed by atoms with Gasteiger partial charge in [0, 0.05) is 12.6 Å². The van der Waals surface area contributed by atoms with E-state index in [1.54, 1.807) is 0 Å². The maximum Gasteiger partial charge on any atom is 0.208 e. The fraction of sp³-hybridized carbons (Fsp3) is 0.769. The van der Waals surface area contributed by atoms with Crippen LogP contribution >= 0.6 is 0 Å². The molecule has 4 heteroatoms. The Balaban J connectivity index is 1.57. The van der Waals surface area contributed by atoms with Gasteiger partial charge in [0.25, 0.3) is 0 Å². The van der Waals surface area contributed by atoms with Crippen molar-refractivity contribution in [2.75, 3.05) is 19.6 Å². The molecule has 3 saturated heterocycles. The predicted octanol–water partition coefficient (Wildman–Crippen LogP) is 1.48. The van der Waals surface area contributed by atoms with E-state index in [4.69, 9.17) is 4.42 Å². The second-order valence-electron chi connectivity index (χ2n) is 5.37. The lowest BCUT2D eigenvalue weighted by molar-refractivity contribution is 0.0708. The van der Waals surface area contributed by atoms with Gasteiger partial charge in [0.05, 0.1) is 12.2 Å². The second-order valence-corrected chi connectivity index (χ2v) is 5.37. The van der Waals surface area contributed by atoms with E-state index >= 15 is 0 Å². The molecule has 3 aliphatic rings. The molecule has 1 atom stereocenters. The van der Waals surface area contributed by atoms with Crippen LogP contribution in [0.15, 0.2) is 4.42 Å². The van der Waals surface area contributed by atoms with Crippen LogP contribution in [0.2, 0.25) is 0 Å². The van der Waals surface area contributed by atoms with Crippen LogP contribution in [-0.2, 0) is 6.54 Å². The maximum atomic E-state index is 5.60. The monoisotopic (exact) mass is 235 g/mol. The topological polar surface area (TPSA) is 41.3 Å². The van der Waals surface area contributed by atoms with Crippen LogP contribution in [0.4, 0.5) is 0 Å². The molecule has 0 aliphatic carbocycles. The number of nitrogens with one attached hydrogen (secondary N) is 1. The van der Waals surface area contributed by atoms with E-state index in [9.17, 15) is 0 Å². The van der Waals surface area contributed by atoms with Crippen LogP contribution in [0.25, 0.3) is 0 Å². The van der Waals surface area contributed by atoms with Gasteiger partial charge in [-0.15, -0.1) is 0 Å². The Labute approximate surface area is 102 Å². The number of nitrogens with zero attached hydrogens (tertiary/aromatic N) is 2. The molecule has 17 heavy (non-hydrogen) atoms. The summed E-state index contributed by atoms with van der Waals surface area (Å²) in [6.45, 7) is 8.52. The molecule has 0 amide bonds. The molecule has 1 N–H and O–H groups in total. The van der Waals surface area contributed by atoms with Crippen LogP contribution in [-0.4, -0.2) is 35.6 Å². The third-order valence-electron chi connectivity index (χ3n) is 4.24. The Morgan fingerprint density at radius 1 is 1.35 bits per heavy atom. The Kier molecular flexibility index (Phi) is 2.92. The first kappa shape index (κ1) is 11.2. The van der Waals surface area contributed by atoms with Crippen LogP contribution in [0.5, 0.6) is 0 Å². The summed E-state index contributed by atoms with van der Waals surface area (Å²) < 4.78 is 5.60. The number of piperidine rings is 3. The second kappa shape index (κ2) is 4.42. The van der Waals surface area contributed by atoms with Crippen molar-refractivity contribution in [2.24, 2.45) is 5.92 Å². The zero-order valence-electron chi connectivity index (χ0n) is 10.7. The summed E-state index contributed by atoms with van der Waals surface area (Å²) in [4.78, 5) is 6.97. The van der Waals surface area contributed by atoms with E-state index in [-0.39, 0.29) is 0 Å². The molecule has 4 heterocycles. The zero-order chi connectivity index (χ0) is 11.8. The van der Waals surface area contributed by atoms with E-state index in [2.05, 4.69) is 15.2 Å². The van der Waals surface area contributed by atoms with Gasteiger partial charge in [0.1, 0.15) is 5.76 Å². The summed E-state index contributed by atoms with van der Waals surface area (Å²) in [6.07, 6.45) is 2.70. The highest BCUT2D eigenvalue weighted by Crippen LogP contribution is 2.27. The highest BCUT2D eigenvalue weighted by molar-refractivity contribution is 5.05. The van der Waals surface area contributed by atoms with Gasteiger partial charge in [-0.2, -0.15) is 0 Å². The molecular weight excluding hydrogens is 214 g/mol. The van der Waals surface area contributed by atoms with Gasteiger partial charge in [-0.1, -0.05) is 0 Å². The summed E-state index contributed by atoms with van der Waals surface area (Å²) in [5.41, 5.74) is 1.01. The zero-order valence-corrected chi connectivity index (χ0v) is 10.7. The van der Waals surface area contributed by atoms with Gasteiger partial charge in [0.2, 0.25) is 5.89 Å². The summed E-state index contributed by atoms with van der Waals surface area (Å²) in [5, 5.41) is 3.61. The van der Waals surface area contributed by atoms with Crippen molar-refractivity contribution in [3.63, 3.8) is 0 Å². The van der Waals surface area contributed by atoms with E-state index in [1.165, 1.54) is 32.5 Å². The van der Waals surface area contributed by atoms with Crippen molar-refractivity contribution in [2.45, 2.75) is 39.3 Å². The number of fused-ring (bicyclic) bond motifs is 3. The molecule has 4 rings (SSSR count). The molecule has 0 radical (unpaired) electrons. The molecule has 0 saturated carbocycles. The Morgan fingerprint density at radius 2 is 2.12 bits per heavy atom. The molecule has 1 aromatic rings. The molecular formula is C13H21N3O. The lowest BCUT2D eigenvalue weighted by Gasteiger charge is -2.45. The maximum absolute atomic E-state index is 5.60. The average molecular weight is 235 g/mol. The Bertz CT molecular complexity index is 374. The normalized spacial score (nSPS) is 32.0. The number of aromatic nitrogens is 1. The van der Waals surface area contributed by atoms with E-state index < -0.39 is 0 Å². The first-order valence-corrected chi connectivity index (χ1v) is 6.61. The van der Waals surface area contributed by atoms with Crippen LogP contribution < -0.4 is 5.32 Å². The minimum Gasteiger partial charge on any atom is -0.444 e. The highest BCUT2D eigenvalue weighted by atomic mass is 16.4. The van der Waals surface area contributed by atoms with Gasteiger partial charge < -0.3 is 14.6 Å². The first-order valence-electron chi connectivity index (χ1n) is 6.61. The summed E-state index contributed by atoms with van der Waals surface area (Å²) in [5.74, 6) is 2.63. The third kappa shape index (κ3) is 2.24.